The normalized spacial score (nSPS) is 9.62. The van der Waals surface area contributed by atoms with Gasteiger partial charge in [0.15, 0.2) is 0 Å². The van der Waals surface area contributed by atoms with Crippen molar-refractivity contribution < 1.29 is 14.5 Å². The fraction of sp³-hybridized carbons (Fsp3) is 0.333. The summed E-state index contributed by atoms with van der Waals surface area (Å²) in [6.07, 6.45) is 0. The van der Waals surface area contributed by atoms with E-state index in [1.807, 2.05) is 0 Å². The zero-order valence-electron chi connectivity index (χ0n) is 6.72. The van der Waals surface area contributed by atoms with E-state index in [1.54, 1.807) is 6.92 Å². The molecule has 0 saturated carbocycles. The Morgan fingerprint density at radius 2 is 2.54 bits per heavy atom. The molecule has 1 aromatic rings. The van der Waals surface area contributed by atoms with Crippen molar-refractivity contribution in [3.05, 3.63) is 21.3 Å². The quantitative estimate of drug-likeness (QED) is 0.418. The standard InChI is InChI=1S/C6H6N2O4S/c1-2-12-6(9)4-5(8(10)11)13-3-7-4/h3H,2H2,1H3. The van der Waals surface area contributed by atoms with Crippen LogP contribution in [0.3, 0.4) is 0 Å². The monoisotopic (exact) mass is 202 g/mol. The lowest BCUT2D eigenvalue weighted by molar-refractivity contribution is -0.380. The molecule has 7 heteroatoms. The number of rotatable bonds is 3. The smallest absolute Gasteiger partial charge is 0.365 e. The summed E-state index contributed by atoms with van der Waals surface area (Å²) in [4.78, 5) is 24.3. The summed E-state index contributed by atoms with van der Waals surface area (Å²) in [5.41, 5.74) is 1.02. The number of nitrogens with zero attached hydrogens (tertiary/aromatic N) is 2. The van der Waals surface area contributed by atoms with Crippen molar-refractivity contribution in [2.75, 3.05) is 6.61 Å². The minimum absolute atomic E-state index is 0.174. The van der Waals surface area contributed by atoms with E-state index in [4.69, 9.17) is 0 Å². The van der Waals surface area contributed by atoms with Gasteiger partial charge in [0.1, 0.15) is 0 Å². The largest absolute Gasteiger partial charge is 0.461 e. The SMILES string of the molecule is CCOC(=O)c1ncsc1[N+](=O)[O-]. The maximum absolute atomic E-state index is 11.0. The molecule has 1 aromatic heterocycles. The summed E-state index contributed by atoms with van der Waals surface area (Å²) >= 11 is 0.801. The maximum atomic E-state index is 11.0. The number of hydrogen-bond acceptors (Lipinski definition) is 6. The van der Waals surface area contributed by atoms with Gasteiger partial charge in [0.05, 0.1) is 17.0 Å². The van der Waals surface area contributed by atoms with Gasteiger partial charge >= 0.3 is 11.0 Å². The van der Waals surface area contributed by atoms with Crippen LogP contribution in [-0.4, -0.2) is 22.5 Å². The first kappa shape index (κ1) is 9.59. The van der Waals surface area contributed by atoms with Gasteiger partial charge in [-0.15, -0.1) is 0 Å². The van der Waals surface area contributed by atoms with Crippen LogP contribution >= 0.6 is 11.3 Å². The maximum Gasteiger partial charge on any atom is 0.365 e. The van der Waals surface area contributed by atoms with Gasteiger partial charge in [-0.1, -0.05) is 0 Å². The first-order valence-electron chi connectivity index (χ1n) is 3.41. The predicted molar refractivity (Wildman–Crippen MR) is 44.7 cm³/mol. The molecule has 0 aliphatic heterocycles. The summed E-state index contributed by atoms with van der Waals surface area (Å²) in [5.74, 6) is -0.754. The summed E-state index contributed by atoms with van der Waals surface area (Å²) in [7, 11) is 0. The van der Waals surface area contributed by atoms with E-state index in [0.717, 1.165) is 11.3 Å². The molecule has 0 unspecified atom stereocenters. The van der Waals surface area contributed by atoms with Crippen molar-refractivity contribution in [3.63, 3.8) is 0 Å². The average molecular weight is 202 g/mol. The molecule has 70 valence electrons. The van der Waals surface area contributed by atoms with Crippen molar-refractivity contribution in [1.29, 1.82) is 0 Å². The van der Waals surface area contributed by atoms with E-state index >= 15 is 0 Å². The Morgan fingerprint density at radius 1 is 1.85 bits per heavy atom. The molecule has 13 heavy (non-hydrogen) atoms. The minimum Gasteiger partial charge on any atom is -0.461 e. The summed E-state index contributed by atoms with van der Waals surface area (Å²) < 4.78 is 4.58. The molecule has 0 fully saturated rings. The zero-order chi connectivity index (χ0) is 9.84. The first-order valence-corrected chi connectivity index (χ1v) is 4.29. The molecule has 0 N–H and O–H groups in total. The van der Waals surface area contributed by atoms with Gasteiger partial charge in [-0.3, -0.25) is 10.1 Å². The Bertz CT molecular complexity index is 335. The molecular weight excluding hydrogens is 196 g/mol. The summed E-state index contributed by atoms with van der Waals surface area (Å²) in [5, 5.41) is 10.1. The lowest BCUT2D eigenvalue weighted by Gasteiger charge is -1.96. The van der Waals surface area contributed by atoms with Crippen LogP contribution in [0, 0.1) is 10.1 Å². The van der Waals surface area contributed by atoms with E-state index in [0.29, 0.717) is 0 Å². The number of aromatic nitrogens is 1. The van der Waals surface area contributed by atoms with Crippen LogP contribution < -0.4 is 0 Å². The highest BCUT2D eigenvalue weighted by Gasteiger charge is 2.24. The third kappa shape index (κ3) is 2.00. The van der Waals surface area contributed by atoms with Crippen LogP contribution in [0.15, 0.2) is 5.51 Å². The number of carbonyl (C=O) groups is 1. The topological polar surface area (TPSA) is 82.3 Å². The first-order chi connectivity index (χ1) is 6.16. The van der Waals surface area contributed by atoms with Crippen molar-refractivity contribution in [1.82, 2.24) is 4.98 Å². The van der Waals surface area contributed by atoms with Crippen LogP contribution in [0.2, 0.25) is 0 Å². The second-order valence-electron chi connectivity index (χ2n) is 1.98. The van der Waals surface area contributed by atoms with E-state index < -0.39 is 10.9 Å². The Balaban J connectivity index is 2.93. The molecule has 0 atom stereocenters. The van der Waals surface area contributed by atoms with Crippen molar-refractivity contribution >= 4 is 22.3 Å². The third-order valence-electron chi connectivity index (χ3n) is 1.18. The van der Waals surface area contributed by atoms with Crippen LogP contribution in [0.1, 0.15) is 17.4 Å². The Kier molecular flexibility index (Phi) is 2.91. The molecule has 0 aliphatic carbocycles. The fourth-order valence-corrected chi connectivity index (χ4v) is 1.30. The van der Waals surface area contributed by atoms with Crippen molar-refractivity contribution in [3.8, 4) is 0 Å². The van der Waals surface area contributed by atoms with E-state index in [9.17, 15) is 14.9 Å². The average Bonchev–Trinajstić information content (AvgIpc) is 2.52. The fourth-order valence-electron chi connectivity index (χ4n) is 0.709. The molecular formula is C6H6N2O4S. The Hall–Kier alpha value is -1.50. The van der Waals surface area contributed by atoms with E-state index in [1.165, 1.54) is 5.51 Å². The molecule has 6 nitrogen and oxygen atoms in total. The predicted octanol–water partition coefficient (Wildman–Crippen LogP) is 1.23. The molecule has 0 amide bonds. The highest BCUT2D eigenvalue weighted by molar-refractivity contribution is 7.13. The number of ether oxygens (including phenoxy) is 1. The highest BCUT2D eigenvalue weighted by atomic mass is 32.1. The van der Waals surface area contributed by atoms with Crippen molar-refractivity contribution in [2.45, 2.75) is 6.92 Å². The Morgan fingerprint density at radius 3 is 3.08 bits per heavy atom. The van der Waals surface area contributed by atoms with Crippen LogP contribution in [-0.2, 0) is 4.74 Å². The van der Waals surface area contributed by atoms with Gasteiger partial charge in [0, 0.05) is 0 Å². The minimum atomic E-state index is -0.754. The van der Waals surface area contributed by atoms with Crippen LogP contribution in [0.5, 0.6) is 0 Å². The van der Waals surface area contributed by atoms with E-state index in [2.05, 4.69) is 9.72 Å². The molecule has 0 bridgehead atoms. The lowest BCUT2D eigenvalue weighted by atomic mass is 10.5. The Labute approximate surface area is 77.3 Å². The molecule has 0 aliphatic rings. The molecule has 0 spiro atoms. The molecule has 0 aromatic carbocycles. The van der Waals surface area contributed by atoms with Gasteiger partial charge in [0.25, 0.3) is 0 Å². The molecule has 1 rings (SSSR count). The molecule has 1 heterocycles. The van der Waals surface area contributed by atoms with Gasteiger partial charge in [-0.2, -0.15) is 0 Å². The number of nitro groups is 1. The second-order valence-corrected chi connectivity index (χ2v) is 2.82. The van der Waals surface area contributed by atoms with Crippen LogP contribution in [0.4, 0.5) is 5.00 Å². The van der Waals surface area contributed by atoms with Gasteiger partial charge < -0.3 is 4.74 Å². The third-order valence-corrected chi connectivity index (χ3v) is 1.96. The number of thiazole rings is 1. The second kappa shape index (κ2) is 3.94. The molecule has 0 radical (unpaired) electrons. The highest BCUT2D eigenvalue weighted by Crippen LogP contribution is 2.22. The zero-order valence-corrected chi connectivity index (χ0v) is 7.54. The molecule has 0 saturated heterocycles. The number of carbonyl (C=O) groups excluding carboxylic acids is 1. The lowest BCUT2D eigenvalue weighted by Crippen LogP contribution is -2.07. The van der Waals surface area contributed by atoms with Gasteiger partial charge in [0.2, 0.25) is 5.69 Å². The summed E-state index contributed by atoms with van der Waals surface area (Å²) in [6, 6.07) is 0. The van der Waals surface area contributed by atoms with E-state index in [-0.39, 0.29) is 17.3 Å². The van der Waals surface area contributed by atoms with Gasteiger partial charge in [-0.05, 0) is 18.3 Å². The van der Waals surface area contributed by atoms with Crippen molar-refractivity contribution in [2.24, 2.45) is 0 Å². The number of hydrogen-bond donors (Lipinski definition) is 0. The number of esters is 1. The summed E-state index contributed by atoms with van der Waals surface area (Å²) in [6.45, 7) is 1.80. The van der Waals surface area contributed by atoms with Crippen LogP contribution in [0.25, 0.3) is 0 Å². The van der Waals surface area contributed by atoms with Gasteiger partial charge in [-0.25, -0.2) is 9.78 Å².